The zero-order valence-corrected chi connectivity index (χ0v) is 23.6. The Morgan fingerprint density at radius 2 is 1.56 bits per heavy atom. The molecule has 0 saturated carbocycles. The van der Waals surface area contributed by atoms with E-state index in [0.717, 1.165) is 21.2 Å². The second-order valence-electron chi connectivity index (χ2n) is 8.66. The number of ether oxygens (including phenoxy) is 2. The van der Waals surface area contributed by atoms with Crippen molar-refractivity contribution < 1.29 is 22.7 Å². The van der Waals surface area contributed by atoms with E-state index in [9.17, 15) is 13.2 Å². The largest absolute Gasteiger partial charge is 0.497 e. The predicted octanol–water partition coefficient (Wildman–Crippen LogP) is 6.14. The lowest BCUT2D eigenvalue weighted by Crippen LogP contribution is -2.38. The van der Waals surface area contributed by atoms with Gasteiger partial charge in [-0.1, -0.05) is 48.5 Å². The number of amides is 1. The molecule has 0 fully saturated rings. The number of anilines is 2. The lowest BCUT2D eigenvalue weighted by molar-refractivity contribution is -0.114. The van der Waals surface area contributed by atoms with Crippen LogP contribution in [0.15, 0.2) is 107 Å². The van der Waals surface area contributed by atoms with Gasteiger partial charge < -0.3 is 14.8 Å². The molecule has 4 aromatic rings. The van der Waals surface area contributed by atoms with Gasteiger partial charge in [0.15, 0.2) is 0 Å². The van der Waals surface area contributed by atoms with Crippen molar-refractivity contribution >= 4 is 39.1 Å². The zero-order chi connectivity index (χ0) is 27.8. The van der Waals surface area contributed by atoms with Gasteiger partial charge >= 0.3 is 0 Å². The maximum Gasteiger partial charge on any atom is 0.264 e. The van der Waals surface area contributed by atoms with E-state index in [1.165, 1.54) is 31.2 Å². The summed E-state index contributed by atoms with van der Waals surface area (Å²) >= 11 is 1.73. The van der Waals surface area contributed by atoms with Gasteiger partial charge in [-0.3, -0.25) is 9.10 Å². The molecule has 7 nitrogen and oxygen atoms in total. The Bertz CT molecular complexity index is 1530. The van der Waals surface area contributed by atoms with Crippen LogP contribution in [0.4, 0.5) is 11.4 Å². The standard InChI is InChI=1S/C30H30N2O5S2/c1-22-18-23(21-38-25-10-6-4-7-11-25)14-16-27(22)31-30(33)20-32(39(34,35)26-12-8-5-9-13-26)28-17-15-24(36-2)19-29(28)37-3/h4-19H,20-21H2,1-3H3,(H,31,33). The number of carbonyl (C=O) groups is 1. The van der Waals surface area contributed by atoms with E-state index in [1.54, 1.807) is 48.2 Å². The van der Waals surface area contributed by atoms with Crippen molar-refractivity contribution in [2.24, 2.45) is 0 Å². The molecule has 4 rings (SSSR count). The topological polar surface area (TPSA) is 84.9 Å². The monoisotopic (exact) mass is 562 g/mol. The molecule has 39 heavy (non-hydrogen) atoms. The third-order valence-electron chi connectivity index (χ3n) is 5.99. The molecule has 4 aromatic carbocycles. The van der Waals surface area contributed by atoms with Crippen molar-refractivity contribution in [1.82, 2.24) is 0 Å². The van der Waals surface area contributed by atoms with Crippen LogP contribution in [0, 0.1) is 6.92 Å². The molecule has 202 valence electrons. The Labute approximate surface area is 233 Å². The first-order valence-electron chi connectivity index (χ1n) is 12.2. The highest BCUT2D eigenvalue weighted by molar-refractivity contribution is 7.98. The average Bonchev–Trinajstić information content (AvgIpc) is 2.96. The summed E-state index contributed by atoms with van der Waals surface area (Å²) in [6.45, 7) is 1.46. The number of thioether (sulfide) groups is 1. The van der Waals surface area contributed by atoms with Gasteiger partial charge in [-0.15, -0.1) is 11.8 Å². The van der Waals surface area contributed by atoms with Crippen LogP contribution in [0.2, 0.25) is 0 Å². The van der Waals surface area contributed by atoms with Gasteiger partial charge in [0, 0.05) is 22.4 Å². The summed E-state index contributed by atoms with van der Waals surface area (Å²) < 4.78 is 39.2. The Morgan fingerprint density at radius 3 is 2.21 bits per heavy atom. The Balaban J connectivity index is 1.57. The van der Waals surface area contributed by atoms with Gasteiger partial charge in [-0.2, -0.15) is 0 Å². The van der Waals surface area contributed by atoms with Gasteiger partial charge in [0.1, 0.15) is 18.0 Å². The Kier molecular flexibility index (Phi) is 9.16. The third-order valence-corrected chi connectivity index (χ3v) is 8.84. The maximum absolute atomic E-state index is 13.7. The summed E-state index contributed by atoms with van der Waals surface area (Å²) in [4.78, 5) is 14.5. The zero-order valence-electron chi connectivity index (χ0n) is 22.0. The van der Waals surface area contributed by atoms with Crippen molar-refractivity contribution in [2.45, 2.75) is 22.5 Å². The van der Waals surface area contributed by atoms with Crippen LogP contribution in [0.3, 0.4) is 0 Å². The summed E-state index contributed by atoms with van der Waals surface area (Å²) in [6.07, 6.45) is 0. The minimum absolute atomic E-state index is 0.0621. The number of aryl methyl sites for hydroxylation is 1. The Morgan fingerprint density at radius 1 is 0.872 bits per heavy atom. The number of hydrogen-bond acceptors (Lipinski definition) is 6. The predicted molar refractivity (Wildman–Crippen MR) is 156 cm³/mol. The first kappa shape index (κ1) is 28.1. The van der Waals surface area contributed by atoms with Crippen molar-refractivity contribution in [3.8, 4) is 11.5 Å². The fraction of sp³-hybridized carbons (Fsp3) is 0.167. The van der Waals surface area contributed by atoms with Gasteiger partial charge in [-0.25, -0.2) is 8.42 Å². The number of methoxy groups -OCH3 is 2. The second-order valence-corrected chi connectivity index (χ2v) is 11.6. The first-order chi connectivity index (χ1) is 18.8. The fourth-order valence-corrected chi connectivity index (χ4v) is 6.28. The molecule has 0 heterocycles. The molecule has 1 N–H and O–H groups in total. The minimum atomic E-state index is -4.10. The molecule has 0 spiro atoms. The van der Waals surface area contributed by atoms with E-state index in [-0.39, 0.29) is 16.3 Å². The highest BCUT2D eigenvalue weighted by atomic mass is 32.2. The van der Waals surface area contributed by atoms with Crippen LogP contribution in [-0.2, 0) is 20.6 Å². The van der Waals surface area contributed by atoms with Crippen molar-refractivity contribution in [2.75, 3.05) is 30.4 Å². The molecular weight excluding hydrogens is 532 g/mol. The summed E-state index contributed by atoms with van der Waals surface area (Å²) in [6, 6.07) is 28.7. The van der Waals surface area contributed by atoms with Crippen LogP contribution >= 0.6 is 11.8 Å². The summed E-state index contributed by atoms with van der Waals surface area (Å²) in [5.74, 6) is 1.07. The van der Waals surface area contributed by atoms with Crippen LogP contribution < -0.4 is 19.1 Å². The average molecular weight is 563 g/mol. The van der Waals surface area contributed by atoms with Crippen LogP contribution in [0.5, 0.6) is 11.5 Å². The second kappa shape index (κ2) is 12.7. The molecule has 0 aromatic heterocycles. The van der Waals surface area contributed by atoms with E-state index in [4.69, 9.17) is 9.47 Å². The van der Waals surface area contributed by atoms with Gasteiger partial charge in [0.2, 0.25) is 5.91 Å². The van der Waals surface area contributed by atoms with E-state index < -0.39 is 22.5 Å². The van der Waals surface area contributed by atoms with Gasteiger partial charge in [-0.05, 0) is 60.5 Å². The van der Waals surface area contributed by atoms with Crippen molar-refractivity contribution in [3.05, 3.63) is 108 Å². The highest BCUT2D eigenvalue weighted by Crippen LogP contribution is 2.35. The molecule has 0 aliphatic carbocycles. The summed E-state index contributed by atoms with van der Waals surface area (Å²) in [7, 11) is -1.15. The fourth-order valence-electron chi connectivity index (χ4n) is 3.97. The van der Waals surface area contributed by atoms with Gasteiger partial charge in [0.25, 0.3) is 10.0 Å². The number of benzene rings is 4. The van der Waals surface area contributed by atoms with E-state index in [0.29, 0.717) is 11.4 Å². The number of nitrogens with zero attached hydrogens (tertiary/aromatic N) is 1. The molecule has 0 aliphatic rings. The van der Waals surface area contributed by atoms with E-state index in [2.05, 4.69) is 17.4 Å². The van der Waals surface area contributed by atoms with Crippen LogP contribution in [-0.4, -0.2) is 35.1 Å². The molecule has 0 bridgehead atoms. The lowest BCUT2D eigenvalue weighted by atomic mass is 10.1. The van der Waals surface area contributed by atoms with E-state index >= 15 is 0 Å². The van der Waals surface area contributed by atoms with Crippen molar-refractivity contribution in [3.63, 3.8) is 0 Å². The minimum Gasteiger partial charge on any atom is -0.497 e. The molecule has 0 saturated heterocycles. The first-order valence-corrected chi connectivity index (χ1v) is 14.6. The maximum atomic E-state index is 13.7. The SMILES string of the molecule is COc1ccc(N(CC(=O)Nc2ccc(CSc3ccccc3)cc2C)S(=O)(=O)c2ccccc2)c(OC)c1. The van der Waals surface area contributed by atoms with Crippen molar-refractivity contribution in [1.29, 1.82) is 0 Å². The van der Waals surface area contributed by atoms with Crippen LogP contribution in [0.1, 0.15) is 11.1 Å². The van der Waals surface area contributed by atoms with Gasteiger partial charge in [0.05, 0.1) is 24.8 Å². The number of sulfonamides is 1. The molecular formula is C30H30N2O5S2. The number of carbonyl (C=O) groups excluding carboxylic acids is 1. The summed E-state index contributed by atoms with van der Waals surface area (Å²) in [5, 5.41) is 2.88. The highest BCUT2D eigenvalue weighted by Gasteiger charge is 2.29. The molecule has 1 amide bonds. The number of hydrogen-bond donors (Lipinski definition) is 1. The Hall–Kier alpha value is -3.95. The number of nitrogens with one attached hydrogen (secondary N) is 1. The summed E-state index contributed by atoms with van der Waals surface area (Å²) in [5.41, 5.74) is 2.85. The quantitative estimate of drug-likeness (QED) is 0.221. The molecule has 0 aliphatic heterocycles. The van der Waals surface area contributed by atoms with E-state index in [1.807, 2.05) is 43.3 Å². The normalized spacial score (nSPS) is 11.1. The molecule has 0 unspecified atom stereocenters. The lowest BCUT2D eigenvalue weighted by Gasteiger charge is -2.26. The number of rotatable bonds is 11. The molecule has 0 radical (unpaired) electrons. The van der Waals surface area contributed by atoms with Crippen LogP contribution in [0.25, 0.3) is 0 Å². The third kappa shape index (κ3) is 6.93. The molecule has 9 heteroatoms. The molecule has 0 atom stereocenters. The smallest absolute Gasteiger partial charge is 0.264 e.